The van der Waals surface area contributed by atoms with E-state index in [2.05, 4.69) is 5.32 Å². The monoisotopic (exact) mass is 371 g/mol. The van der Waals surface area contributed by atoms with Gasteiger partial charge in [0, 0.05) is 18.5 Å². The Kier molecular flexibility index (Phi) is 6.14. The molecule has 27 heavy (non-hydrogen) atoms. The second kappa shape index (κ2) is 8.93. The molecule has 0 saturated heterocycles. The molecule has 0 fully saturated rings. The topological polar surface area (TPSA) is 94.1 Å². The normalized spacial score (nSPS) is 12.3. The smallest absolute Gasteiger partial charge is 0.303 e. The summed E-state index contributed by atoms with van der Waals surface area (Å²) in [5.74, 6) is 0.876. The van der Waals surface area contributed by atoms with Crippen molar-refractivity contribution in [3.8, 4) is 17.2 Å². The number of carbonyl (C=O) groups excluding carboxylic acids is 1. The van der Waals surface area contributed by atoms with Gasteiger partial charge in [0.2, 0.25) is 0 Å². The van der Waals surface area contributed by atoms with Crippen LogP contribution in [0.5, 0.6) is 17.2 Å². The second-order valence-electron chi connectivity index (χ2n) is 6.03. The summed E-state index contributed by atoms with van der Waals surface area (Å²) in [5.41, 5.74) is 1.44. The van der Waals surface area contributed by atoms with Crippen molar-refractivity contribution >= 4 is 11.9 Å². The lowest BCUT2D eigenvalue weighted by Gasteiger charge is -2.18. The lowest BCUT2D eigenvalue weighted by atomic mass is 10.1. The fraction of sp³-hybridized carbons (Fsp3) is 0.300. The zero-order valence-corrected chi connectivity index (χ0v) is 14.8. The lowest BCUT2D eigenvalue weighted by molar-refractivity contribution is -0.137. The predicted octanol–water partition coefficient (Wildman–Crippen LogP) is 2.63. The molecule has 2 aromatic rings. The third-order valence-electron chi connectivity index (χ3n) is 3.98. The molecule has 0 bridgehead atoms. The largest absolute Gasteiger partial charge is 0.494 e. The summed E-state index contributed by atoms with van der Waals surface area (Å²) in [6.45, 7) is 1.72. The number of ether oxygens (including phenoxy) is 3. The second-order valence-corrected chi connectivity index (χ2v) is 6.03. The van der Waals surface area contributed by atoms with Crippen LogP contribution in [-0.2, 0) is 11.3 Å². The van der Waals surface area contributed by atoms with Crippen LogP contribution in [0.15, 0.2) is 42.5 Å². The minimum absolute atomic E-state index is 0.0873. The molecular weight excluding hydrogens is 350 g/mol. The van der Waals surface area contributed by atoms with Crippen LogP contribution in [-0.4, -0.2) is 36.8 Å². The summed E-state index contributed by atoms with van der Waals surface area (Å²) in [5, 5.41) is 11.5. The van der Waals surface area contributed by atoms with Crippen LogP contribution in [0.1, 0.15) is 28.8 Å². The number of amides is 1. The summed E-state index contributed by atoms with van der Waals surface area (Å²) in [4.78, 5) is 22.8. The van der Waals surface area contributed by atoms with Crippen molar-refractivity contribution in [2.75, 3.05) is 19.8 Å². The van der Waals surface area contributed by atoms with Gasteiger partial charge in [-0.2, -0.15) is 0 Å². The first-order chi connectivity index (χ1) is 13.1. The summed E-state index contributed by atoms with van der Waals surface area (Å²) in [6, 6.07) is 12.4. The van der Waals surface area contributed by atoms with Gasteiger partial charge in [0.15, 0.2) is 11.5 Å². The van der Waals surface area contributed by atoms with Crippen LogP contribution < -0.4 is 19.5 Å². The van der Waals surface area contributed by atoms with E-state index in [1.807, 2.05) is 12.1 Å². The van der Waals surface area contributed by atoms with Gasteiger partial charge in [-0.1, -0.05) is 12.1 Å². The third kappa shape index (κ3) is 5.37. The van der Waals surface area contributed by atoms with E-state index in [9.17, 15) is 9.59 Å². The van der Waals surface area contributed by atoms with E-state index in [1.165, 1.54) is 0 Å². The Morgan fingerprint density at radius 1 is 1.04 bits per heavy atom. The van der Waals surface area contributed by atoms with Crippen LogP contribution in [0.4, 0.5) is 0 Å². The average Bonchev–Trinajstić information content (AvgIpc) is 2.69. The van der Waals surface area contributed by atoms with E-state index in [1.54, 1.807) is 30.3 Å². The van der Waals surface area contributed by atoms with Crippen molar-refractivity contribution in [1.29, 1.82) is 0 Å². The zero-order chi connectivity index (χ0) is 19.1. The van der Waals surface area contributed by atoms with Crippen LogP contribution in [0.3, 0.4) is 0 Å². The van der Waals surface area contributed by atoms with Gasteiger partial charge in [0.1, 0.15) is 19.0 Å². The molecule has 3 rings (SSSR count). The van der Waals surface area contributed by atoms with Crippen LogP contribution in [0.25, 0.3) is 0 Å². The molecule has 0 radical (unpaired) electrons. The van der Waals surface area contributed by atoms with Gasteiger partial charge >= 0.3 is 5.97 Å². The molecule has 0 aliphatic carbocycles. The number of hydrogen-bond acceptors (Lipinski definition) is 5. The molecule has 0 aromatic heterocycles. The fourth-order valence-electron chi connectivity index (χ4n) is 2.59. The number of benzene rings is 2. The number of carboxylic acid groups (broad SMARTS) is 1. The molecule has 1 heterocycles. The molecule has 7 heteroatoms. The Hall–Kier alpha value is -3.22. The molecule has 0 atom stereocenters. The van der Waals surface area contributed by atoms with Gasteiger partial charge in [0.25, 0.3) is 5.91 Å². The number of rotatable bonds is 8. The summed E-state index contributed by atoms with van der Waals surface area (Å²) < 4.78 is 16.4. The van der Waals surface area contributed by atoms with E-state index >= 15 is 0 Å². The highest BCUT2D eigenvalue weighted by Gasteiger charge is 2.14. The third-order valence-corrected chi connectivity index (χ3v) is 3.98. The van der Waals surface area contributed by atoms with Gasteiger partial charge < -0.3 is 24.6 Å². The molecule has 1 aliphatic rings. The molecule has 2 N–H and O–H groups in total. The molecule has 1 amide bonds. The molecule has 0 saturated carbocycles. The van der Waals surface area contributed by atoms with Gasteiger partial charge in [-0.25, -0.2) is 0 Å². The Labute approximate surface area is 156 Å². The number of fused-ring (bicyclic) bond motifs is 1. The Morgan fingerprint density at radius 3 is 2.52 bits per heavy atom. The first-order valence-corrected chi connectivity index (χ1v) is 8.73. The minimum atomic E-state index is -0.831. The van der Waals surface area contributed by atoms with E-state index < -0.39 is 5.97 Å². The number of nitrogens with one attached hydrogen (secondary N) is 1. The fourth-order valence-corrected chi connectivity index (χ4v) is 2.59. The summed E-state index contributed by atoms with van der Waals surface area (Å²) >= 11 is 0. The highest BCUT2D eigenvalue weighted by atomic mass is 16.6. The van der Waals surface area contributed by atoms with Crippen molar-refractivity contribution in [3.05, 3.63) is 53.6 Å². The zero-order valence-electron chi connectivity index (χ0n) is 14.8. The molecule has 7 nitrogen and oxygen atoms in total. The standard InChI is InChI=1S/C20H21NO6/c22-19(23)2-1-9-25-16-6-3-14(4-7-16)13-21-20(24)15-5-8-17-18(12-15)27-11-10-26-17/h3-8,12H,1-2,9-11,13H2,(H,21,24)(H,22,23). The van der Waals surface area contributed by atoms with Crippen LogP contribution in [0, 0.1) is 0 Å². The molecular formula is C20H21NO6. The quantitative estimate of drug-likeness (QED) is 0.693. The van der Waals surface area contributed by atoms with Crippen molar-refractivity contribution in [1.82, 2.24) is 5.32 Å². The maximum atomic E-state index is 12.3. The first-order valence-electron chi connectivity index (χ1n) is 8.73. The van der Waals surface area contributed by atoms with E-state index in [0.29, 0.717) is 55.6 Å². The maximum absolute atomic E-state index is 12.3. The van der Waals surface area contributed by atoms with Gasteiger partial charge in [0.05, 0.1) is 6.61 Å². The number of hydrogen-bond donors (Lipinski definition) is 2. The Morgan fingerprint density at radius 2 is 1.78 bits per heavy atom. The van der Waals surface area contributed by atoms with E-state index in [4.69, 9.17) is 19.3 Å². The number of aliphatic carboxylic acids is 1. The summed E-state index contributed by atoms with van der Waals surface area (Å²) in [6.07, 6.45) is 0.548. The van der Waals surface area contributed by atoms with Crippen molar-refractivity contribution in [2.24, 2.45) is 0 Å². The van der Waals surface area contributed by atoms with Crippen molar-refractivity contribution in [2.45, 2.75) is 19.4 Å². The van der Waals surface area contributed by atoms with Crippen LogP contribution >= 0.6 is 0 Å². The SMILES string of the molecule is O=C(O)CCCOc1ccc(CNC(=O)c2ccc3c(c2)OCCO3)cc1. The first kappa shape index (κ1) is 18.6. The van der Waals surface area contributed by atoms with Crippen molar-refractivity contribution < 1.29 is 28.9 Å². The van der Waals surface area contributed by atoms with Gasteiger partial charge in [-0.15, -0.1) is 0 Å². The van der Waals surface area contributed by atoms with Crippen LogP contribution in [0.2, 0.25) is 0 Å². The number of carbonyl (C=O) groups is 2. The van der Waals surface area contributed by atoms with Gasteiger partial charge in [-0.3, -0.25) is 9.59 Å². The van der Waals surface area contributed by atoms with E-state index in [0.717, 1.165) is 5.56 Å². The molecule has 142 valence electrons. The molecule has 1 aliphatic heterocycles. The Bertz CT molecular complexity index is 803. The minimum Gasteiger partial charge on any atom is -0.494 e. The Balaban J connectivity index is 1.48. The van der Waals surface area contributed by atoms with Gasteiger partial charge in [-0.05, 0) is 42.3 Å². The highest BCUT2D eigenvalue weighted by Crippen LogP contribution is 2.30. The highest BCUT2D eigenvalue weighted by molar-refractivity contribution is 5.94. The lowest BCUT2D eigenvalue weighted by Crippen LogP contribution is -2.23. The van der Waals surface area contributed by atoms with E-state index in [-0.39, 0.29) is 12.3 Å². The summed E-state index contributed by atoms with van der Waals surface area (Å²) in [7, 11) is 0. The molecule has 0 unspecified atom stereocenters. The van der Waals surface area contributed by atoms with Crippen molar-refractivity contribution in [3.63, 3.8) is 0 Å². The average molecular weight is 371 g/mol. The molecule has 0 spiro atoms. The number of carboxylic acids is 1. The molecule has 2 aromatic carbocycles. The predicted molar refractivity (Wildman–Crippen MR) is 97.4 cm³/mol. The maximum Gasteiger partial charge on any atom is 0.303 e.